The van der Waals surface area contributed by atoms with E-state index in [1.165, 1.54) is 23.9 Å². The van der Waals surface area contributed by atoms with Crippen molar-refractivity contribution in [3.8, 4) is 0 Å². The summed E-state index contributed by atoms with van der Waals surface area (Å²) in [4.78, 5) is 14.2. The standard InChI is InChI=1S/C15H14F2N2O3S2/c16-11-1-5-13(6-2-11)23-10-9-15(20)18-19-24(21,22)14-7-3-12(17)4-8-14/h1-8,19H,9-10H2,(H,18,20). The maximum Gasteiger partial charge on any atom is 0.257 e. The van der Waals surface area contributed by atoms with Crippen molar-refractivity contribution in [1.29, 1.82) is 0 Å². The lowest BCUT2D eigenvalue weighted by atomic mass is 10.4. The molecule has 0 aliphatic rings. The fourth-order valence-corrected chi connectivity index (χ4v) is 3.36. The van der Waals surface area contributed by atoms with E-state index in [-0.39, 0.29) is 17.1 Å². The van der Waals surface area contributed by atoms with Crippen LogP contribution in [-0.4, -0.2) is 20.1 Å². The third-order valence-electron chi connectivity index (χ3n) is 2.86. The highest BCUT2D eigenvalue weighted by atomic mass is 32.2. The largest absolute Gasteiger partial charge is 0.278 e. The Morgan fingerprint density at radius 1 is 0.958 bits per heavy atom. The molecule has 9 heteroatoms. The highest BCUT2D eigenvalue weighted by Gasteiger charge is 2.14. The molecule has 0 spiro atoms. The zero-order valence-electron chi connectivity index (χ0n) is 12.3. The maximum absolute atomic E-state index is 12.8. The van der Waals surface area contributed by atoms with Gasteiger partial charge in [-0.2, -0.15) is 0 Å². The van der Waals surface area contributed by atoms with E-state index in [4.69, 9.17) is 0 Å². The van der Waals surface area contributed by atoms with Crippen LogP contribution in [0.5, 0.6) is 0 Å². The fraction of sp³-hybridized carbons (Fsp3) is 0.133. The topological polar surface area (TPSA) is 75.3 Å². The molecular weight excluding hydrogens is 358 g/mol. The van der Waals surface area contributed by atoms with Crippen molar-refractivity contribution in [2.45, 2.75) is 16.2 Å². The van der Waals surface area contributed by atoms with E-state index in [0.717, 1.165) is 29.2 Å². The SMILES string of the molecule is O=C(CCSc1ccc(F)cc1)NNS(=O)(=O)c1ccc(F)cc1. The lowest BCUT2D eigenvalue weighted by molar-refractivity contribution is -0.121. The number of nitrogens with one attached hydrogen (secondary N) is 2. The molecule has 0 aromatic heterocycles. The number of benzene rings is 2. The van der Waals surface area contributed by atoms with Gasteiger partial charge in [-0.05, 0) is 48.5 Å². The minimum atomic E-state index is -3.95. The van der Waals surface area contributed by atoms with Crippen LogP contribution in [0.4, 0.5) is 8.78 Å². The highest BCUT2D eigenvalue weighted by molar-refractivity contribution is 7.99. The normalized spacial score (nSPS) is 11.2. The van der Waals surface area contributed by atoms with Crippen molar-refractivity contribution in [2.24, 2.45) is 0 Å². The first-order chi connectivity index (χ1) is 11.4. The average molecular weight is 372 g/mol. The van der Waals surface area contributed by atoms with Crippen LogP contribution in [0, 0.1) is 11.6 Å². The van der Waals surface area contributed by atoms with Crippen molar-refractivity contribution in [1.82, 2.24) is 10.3 Å². The maximum atomic E-state index is 12.8. The lowest BCUT2D eigenvalue weighted by Gasteiger charge is -2.08. The van der Waals surface area contributed by atoms with E-state index in [9.17, 15) is 22.0 Å². The first kappa shape index (κ1) is 18.4. The lowest BCUT2D eigenvalue weighted by Crippen LogP contribution is -2.41. The van der Waals surface area contributed by atoms with Crippen molar-refractivity contribution in [2.75, 3.05) is 5.75 Å². The van der Waals surface area contributed by atoms with E-state index < -0.39 is 21.7 Å². The van der Waals surface area contributed by atoms with Gasteiger partial charge in [-0.15, -0.1) is 16.6 Å². The monoisotopic (exact) mass is 372 g/mol. The molecule has 0 atom stereocenters. The van der Waals surface area contributed by atoms with Crippen molar-refractivity contribution in [3.05, 3.63) is 60.2 Å². The summed E-state index contributed by atoms with van der Waals surface area (Å²) in [5.74, 6) is -1.02. The Morgan fingerprint density at radius 3 is 2.08 bits per heavy atom. The van der Waals surface area contributed by atoms with E-state index in [1.807, 2.05) is 4.83 Å². The van der Waals surface area contributed by atoms with Crippen LogP contribution in [0.3, 0.4) is 0 Å². The molecule has 0 fully saturated rings. The van der Waals surface area contributed by atoms with E-state index in [0.29, 0.717) is 5.75 Å². The van der Waals surface area contributed by atoms with Gasteiger partial charge in [-0.25, -0.2) is 17.2 Å². The molecule has 0 bridgehead atoms. The molecule has 2 aromatic carbocycles. The number of hydrazine groups is 1. The summed E-state index contributed by atoms with van der Waals surface area (Å²) in [6, 6.07) is 10.0. The first-order valence-corrected chi connectivity index (χ1v) is 9.28. The first-order valence-electron chi connectivity index (χ1n) is 6.81. The van der Waals surface area contributed by atoms with Crippen LogP contribution < -0.4 is 10.3 Å². The summed E-state index contributed by atoms with van der Waals surface area (Å²) in [5, 5.41) is 0. The van der Waals surface area contributed by atoms with Crippen LogP contribution in [0.25, 0.3) is 0 Å². The molecule has 2 aromatic rings. The molecule has 0 saturated heterocycles. The smallest absolute Gasteiger partial charge is 0.257 e. The van der Waals surface area contributed by atoms with Gasteiger partial charge in [0.1, 0.15) is 11.6 Å². The predicted molar refractivity (Wildman–Crippen MR) is 86.6 cm³/mol. The van der Waals surface area contributed by atoms with Crippen LogP contribution in [0.15, 0.2) is 58.3 Å². The van der Waals surface area contributed by atoms with Crippen molar-refractivity contribution < 1.29 is 22.0 Å². The number of halogens is 2. The number of thioether (sulfide) groups is 1. The Hall–Kier alpha value is -1.97. The Balaban J connectivity index is 1.78. The van der Waals surface area contributed by atoms with Gasteiger partial charge in [0, 0.05) is 17.1 Å². The number of rotatable bonds is 7. The molecule has 0 heterocycles. The number of hydrogen-bond donors (Lipinski definition) is 2. The van der Waals surface area contributed by atoms with Gasteiger partial charge in [0.2, 0.25) is 5.91 Å². The van der Waals surface area contributed by atoms with Gasteiger partial charge in [0.05, 0.1) is 4.90 Å². The summed E-state index contributed by atoms with van der Waals surface area (Å²) in [6.07, 6.45) is 0.0635. The molecule has 1 amide bonds. The fourth-order valence-electron chi connectivity index (χ4n) is 1.65. The zero-order valence-corrected chi connectivity index (χ0v) is 14.0. The molecule has 2 rings (SSSR count). The minimum Gasteiger partial charge on any atom is -0.278 e. The second-order valence-corrected chi connectivity index (χ2v) is 7.51. The zero-order chi connectivity index (χ0) is 17.6. The summed E-state index contributed by atoms with van der Waals surface area (Å²) < 4.78 is 49.3. The van der Waals surface area contributed by atoms with Crippen LogP contribution >= 0.6 is 11.8 Å². The minimum absolute atomic E-state index is 0.0635. The second-order valence-electron chi connectivity index (χ2n) is 4.66. The number of sulfonamides is 1. The number of amides is 1. The Morgan fingerprint density at radius 2 is 1.50 bits per heavy atom. The quantitative estimate of drug-likeness (QED) is 0.578. The predicted octanol–water partition coefficient (Wildman–Crippen LogP) is 2.46. The van der Waals surface area contributed by atoms with Gasteiger partial charge >= 0.3 is 0 Å². The number of carbonyl (C=O) groups excluding carboxylic acids is 1. The summed E-state index contributed by atoms with van der Waals surface area (Å²) in [7, 11) is -3.95. The molecule has 2 N–H and O–H groups in total. The molecule has 0 aliphatic heterocycles. The molecule has 24 heavy (non-hydrogen) atoms. The Kier molecular flexibility index (Phi) is 6.29. The molecule has 128 valence electrons. The molecule has 0 radical (unpaired) electrons. The van der Waals surface area contributed by atoms with Crippen molar-refractivity contribution >= 4 is 27.7 Å². The van der Waals surface area contributed by atoms with Crippen LogP contribution in [0.1, 0.15) is 6.42 Å². The van der Waals surface area contributed by atoms with Crippen LogP contribution in [0.2, 0.25) is 0 Å². The van der Waals surface area contributed by atoms with Gasteiger partial charge < -0.3 is 0 Å². The van der Waals surface area contributed by atoms with Gasteiger partial charge in [0.25, 0.3) is 10.0 Å². The molecule has 5 nitrogen and oxygen atoms in total. The third kappa shape index (κ3) is 5.59. The van der Waals surface area contributed by atoms with Gasteiger partial charge in [0.15, 0.2) is 0 Å². The Labute approximate surface area is 142 Å². The molecule has 0 unspecified atom stereocenters. The Bertz CT molecular complexity index is 794. The number of carbonyl (C=O) groups is 1. The summed E-state index contributed by atoms with van der Waals surface area (Å²) in [5.41, 5.74) is 2.09. The average Bonchev–Trinajstić information content (AvgIpc) is 2.55. The summed E-state index contributed by atoms with van der Waals surface area (Å²) >= 11 is 1.34. The van der Waals surface area contributed by atoms with E-state index in [1.54, 1.807) is 12.1 Å². The van der Waals surface area contributed by atoms with Crippen LogP contribution in [-0.2, 0) is 14.8 Å². The van der Waals surface area contributed by atoms with Gasteiger partial charge in [-0.1, -0.05) is 0 Å². The van der Waals surface area contributed by atoms with Crippen molar-refractivity contribution in [3.63, 3.8) is 0 Å². The second kappa shape index (κ2) is 8.22. The summed E-state index contributed by atoms with van der Waals surface area (Å²) in [6.45, 7) is 0. The molecule has 0 aliphatic carbocycles. The highest BCUT2D eigenvalue weighted by Crippen LogP contribution is 2.18. The number of hydrogen-bond acceptors (Lipinski definition) is 4. The molecular formula is C15H14F2N2O3S2. The van der Waals surface area contributed by atoms with E-state index in [2.05, 4.69) is 5.43 Å². The van der Waals surface area contributed by atoms with Gasteiger partial charge in [-0.3, -0.25) is 10.2 Å². The van der Waals surface area contributed by atoms with E-state index >= 15 is 0 Å². The molecule has 0 saturated carbocycles. The third-order valence-corrected chi connectivity index (χ3v) is 5.14.